The highest BCUT2D eigenvalue weighted by molar-refractivity contribution is 5.95. The lowest BCUT2D eigenvalue weighted by Gasteiger charge is -2.05. The van der Waals surface area contributed by atoms with Crippen LogP contribution in [0.1, 0.15) is 0 Å². The van der Waals surface area contributed by atoms with Crippen molar-refractivity contribution in [1.29, 1.82) is 0 Å². The Morgan fingerprint density at radius 3 is 2.88 bits per heavy atom. The molecule has 0 saturated heterocycles. The molecule has 0 aliphatic carbocycles. The zero-order valence-electron chi connectivity index (χ0n) is 8.15. The van der Waals surface area contributed by atoms with Gasteiger partial charge in [-0.2, -0.15) is 8.78 Å². The van der Waals surface area contributed by atoms with Crippen molar-refractivity contribution >= 4 is 22.5 Å². The molecule has 0 fully saturated rings. The normalized spacial score (nSPS) is 10.7. The lowest BCUT2D eigenvalue weighted by molar-refractivity contribution is -0.126. The highest BCUT2D eigenvalue weighted by Gasteiger charge is 2.14. The Balaban J connectivity index is 2.29. The summed E-state index contributed by atoms with van der Waals surface area (Å²) in [5.41, 5.74) is 1.09. The SMILES string of the molecule is O=C(Nc1ccc2ncccc2c1)C(F)F. The van der Waals surface area contributed by atoms with Gasteiger partial charge in [0.05, 0.1) is 5.52 Å². The second-order valence-corrected chi connectivity index (χ2v) is 3.20. The summed E-state index contributed by atoms with van der Waals surface area (Å²) in [5, 5.41) is 2.90. The van der Waals surface area contributed by atoms with Crippen LogP contribution < -0.4 is 5.32 Å². The van der Waals surface area contributed by atoms with Gasteiger partial charge in [0.2, 0.25) is 0 Å². The summed E-state index contributed by atoms with van der Waals surface area (Å²) in [6, 6.07) is 8.33. The van der Waals surface area contributed by atoms with E-state index in [1.54, 1.807) is 30.5 Å². The van der Waals surface area contributed by atoms with Crippen molar-refractivity contribution in [3.8, 4) is 0 Å². The Labute approximate surface area is 90.1 Å². The van der Waals surface area contributed by atoms with Crippen LogP contribution in [0.5, 0.6) is 0 Å². The molecule has 1 aromatic heterocycles. The van der Waals surface area contributed by atoms with E-state index in [1.807, 2.05) is 0 Å². The minimum atomic E-state index is -3.01. The molecule has 0 radical (unpaired) electrons. The van der Waals surface area contributed by atoms with Crippen LogP contribution in [0.2, 0.25) is 0 Å². The number of carbonyl (C=O) groups is 1. The van der Waals surface area contributed by atoms with Crippen LogP contribution in [-0.4, -0.2) is 17.3 Å². The van der Waals surface area contributed by atoms with Gasteiger partial charge < -0.3 is 5.32 Å². The molecule has 0 spiro atoms. The van der Waals surface area contributed by atoms with Crippen molar-refractivity contribution in [2.24, 2.45) is 0 Å². The lowest BCUT2D eigenvalue weighted by Crippen LogP contribution is -2.19. The fraction of sp³-hybridized carbons (Fsp3) is 0.0909. The summed E-state index contributed by atoms with van der Waals surface area (Å²) < 4.78 is 24.0. The summed E-state index contributed by atoms with van der Waals surface area (Å²) >= 11 is 0. The Bertz CT molecular complexity index is 528. The highest BCUT2D eigenvalue weighted by atomic mass is 19.3. The number of rotatable bonds is 2. The molecule has 5 heteroatoms. The topological polar surface area (TPSA) is 42.0 Å². The molecule has 0 atom stereocenters. The molecule has 0 bridgehead atoms. The van der Waals surface area contributed by atoms with Crippen molar-refractivity contribution < 1.29 is 13.6 Å². The number of hydrogen-bond donors (Lipinski definition) is 1. The number of hydrogen-bond acceptors (Lipinski definition) is 2. The minimum absolute atomic E-state index is 0.339. The average molecular weight is 222 g/mol. The van der Waals surface area contributed by atoms with Crippen molar-refractivity contribution in [2.45, 2.75) is 6.43 Å². The number of anilines is 1. The van der Waals surface area contributed by atoms with Gasteiger partial charge in [0.1, 0.15) is 0 Å². The number of benzene rings is 1. The van der Waals surface area contributed by atoms with E-state index < -0.39 is 12.3 Å². The molecule has 2 rings (SSSR count). The average Bonchev–Trinajstić information content (AvgIpc) is 2.28. The van der Waals surface area contributed by atoms with E-state index in [4.69, 9.17) is 0 Å². The molecular formula is C11H8F2N2O. The maximum absolute atomic E-state index is 12.0. The Hall–Kier alpha value is -2.04. The number of fused-ring (bicyclic) bond motifs is 1. The molecule has 3 nitrogen and oxygen atoms in total. The van der Waals surface area contributed by atoms with Gasteiger partial charge in [-0.3, -0.25) is 9.78 Å². The number of alkyl halides is 2. The summed E-state index contributed by atoms with van der Waals surface area (Å²) in [4.78, 5) is 14.8. The third-order valence-electron chi connectivity index (χ3n) is 2.07. The van der Waals surface area contributed by atoms with E-state index >= 15 is 0 Å². The Morgan fingerprint density at radius 2 is 2.12 bits per heavy atom. The van der Waals surface area contributed by atoms with Gasteiger partial charge in [0, 0.05) is 17.3 Å². The van der Waals surface area contributed by atoms with E-state index in [0.717, 1.165) is 10.9 Å². The standard InChI is InChI=1S/C11H8F2N2O/c12-10(13)11(16)15-8-3-4-9-7(6-8)2-1-5-14-9/h1-6,10H,(H,15,16). The van der Waals surface area contributed by atoms with Crippen molar-refractivity contribution in [2.75, 3.05) is 5.32 Å². The summed E-state index contributed by atoms with van der Waals surface area (Å²) in [7, 11) is 0. The van der Waals surface area contributed by atoms with Crippen molar-refractivity contribution in [1.82, 2.24) is 4.98 Å². The molecule has 0 unspecified atom stereocenters. The van der Waals surface area contributed by atoms with Crippen molar-refractivity contribution in [3.63, 3.8) is 0 Å². The first-order valence-corrected chi connectivity index (χ1v) is 4.60. The van der Waals surface area contributed by atoms with Gasteiger partial charge in [-0.15, -0.1) is 0 Å². The molecule has 0 aliphatic rings. The highest BCUT2D eigenvalue weighted by Crippen LogP contribution is 2.17. The van der Waals surface area contributed by atoms with Crippen LogP contribution in [0.15, 0.2) is 36.5 Å². The third-order valence-corrected chi connectivity index (χ3v) is 2.07. The number of pyridine rings is 1. The van der Waals surface area contributed by atoms with Gasteiger partial charge in [-0.1, -0.05) is 6.07 Å². The van der Waals surface area contributed by atoms with Crippen LogP contribution in [0.25, 0.3) is 10.9 Å². The molecule has 1 aromatic carbocycles. The lowest BCUT2D eigenvalue weighted by atomic mass is 10.2. The van der Waals surface area contributed by atoms with Gasteiger partial charge in [0.15, 0.2) is 0 Å². The monoisotopic (exact) mass is 222 g/mol. The number of carbonyl (C=O) groups excluding carboxylic acids is 1. The zero-order chi connectivity index (χ0) is 11.5. The molecule has 0 aliphatic heterocycles. The first kappa shape index (κ1) is 10.5. The molecular weight excluding hydrogens is 214 g/mol. The molecule has 16 heavy (non-hydrogen) atoms. The van der Waals surface area contributed by atoms with Gasteiger partial charge in [0.25, 0.3) is 5.91 Å². The number of halogens is 2. The predicted octanol–water partition coefficient (Wildman–Crippen LogP) is 2.44. The van der Waals surface area contributed by atoms with Crippen molar-refractivity contribution in [3.05, 3.63) is 36.5 Å². The fourth-order valence-corrected chi connectivity index (χ4v) is 1.35. The molecule has 0 saturated carbocycles. The van der Waals surface area contributed by atoms with Crippen LogP contribution in [0.4, 0.5) is 14.5 Å². The Morgan fingerprint density at radius 1 is 1.31 bits per heavy atom. The van der Waals surface area contributed by atoms with E-state index in [0.29, 0.717) is 5.69 Å². The molecule has 1 heterocycles. The summed E-state index contributed by atoms with van der Waals surface area (Å²) in [6.07, 6.45) is -1.37. The second kappa shape index (κ2) is 4.22. The number of aromatic nitrogens is 1. The maximum atomic E-state index is 12.0. The second-order valence-electron chi connectivity index (χ2n) is 3.20. The fourth-order valence-electron chi connectivity index (χ4n) is 1.35. The first-order valence-electron chi connectivity index (χ1n) is 4.60. The quantitative estimate of drug-likeness (QED) is 0.847. The molecule has 82 valence electrons. The van der Waals surface area contributed by atoms with Gasteiger partial charge in [-0.25, -0.2) is 0 Å². The number of amides is 1. The van der Waals surface area contributed by atoms with Gasteiger partial charge >= 0.3 is 6.43 Å². The molecule has 1 N–H and O–H groups in total. The first-order chi connectivity index (χ1) is 7.66. The summed E-state index contributed by atoms with van der Waals surface area (Å²) in [6.45, 7) is 0. The zero-order valence-corrected chi connectivity index (χ0v) is 8.15. The number of nitrogens with zero attached hydrogens (tertiary/aromatic N) is 1. The Kier molecular flexibility index (Phi) is 2.76. The predicted molar refractivity (Wildman–Crippen MR) is 56.4 cm³/mol. The maximum Gasteiger partial charge on any atom is 0.315 e. The van der Waals surface area contributed by atoms with E-state index in [-0.39, 0.29) is 0 Å². The minimum Gasteiger partial charge on any atom is -0.321 e. The number of nitrogens with one attached hydrogen (secondary N) is 1. The van der Waals surface area contributed by atoms with E-state index in [1.165, 1.54) is 6.07 Å². The largest absolute Gasteiger partial charge is 0.321 e. The molecule has 2 aromatic rings. The van der Waals surface area contributed by atoms with Crippen LogP contribution in [0, 0.1) is 0 Å². The third kappa shape index (κ3) is 2.13. The summed E-state index contributed by atoms with van der Waals surface area (Å²) in [5.74, 6) is -1.30. The van der Waals surface area contributed by atoms with E-state index in [2.05, 4.69) is 10.3 Å². The smallest absolute Gasteiger partial charge is 0.315 e. The van der Waals surface area contributed by atoms with Crippen LogP contribution in [0.3, 0.4) is 0 Å². The van der Waals surface area contributed by atoms with Crippen LogP contribution in [-0.2, 0) is 4.79 Å². The molecule has 1 amide bonds. The van der Waals surface area contributed by atoms with Crippen LogP contribution >= 0.6 is 0 Å². The van der Waals surface area contributed by atoms with Gasteiger partial charge in [-0.05, 0) is 24.3 Å². The van der Waals surface area contributed by atoms with E-state index in [9.17, 15) is 13.6 Å².